The third-order valence-corrected chi connectivity index (χ3v) is 6.47. The summed E-state index contributed by atoms with van der Waals surface area (Å²) < 4.78 is 6.88. The number of H-pyrrole nitrogens is 1. The van der Waals surface area contributed by atoms with Gasteiger partial charge in [-0.25, -0.2) is 9.78 Å². The number of para-hydroxylation sites is 1. The molecule has 36 heavy (non-hydrogen) atoms. The zero-order chi connectivity index (χ0) is 24.5. The van der Waals surface area contributed by atoms with Gasteiger partial charge in [-0.2, -0.15) is 4.68 Å². The van der Waals surface area contributed by atoms with Gasteiger partial charge < -0.3 is 15.0 Å². The summed E-state index contributed by atoms with van der Waals surface area (Å²) in [5, 5.41) is 10.8. The van der Waals surface area contributed by atoms with Crippen LogP contribution in [0.4, 0.5) is 4.79 Å². The van der Waals surface area contributed by atoms with Crippen molar-refractivity contribution in [3.63, 3.8) is 0 Å². The van der Waals surface area contributed by atoms with E-state index in [-0.39, 0.29) is 18.9 Å². The van der Waals surface area contributed by atoms with Gasteiger partial charge in [-0.3, -0.25) is 4.79 Å². The van der Waals surface area contributed by atoms with Crippen LogP contribution in [0.1, 0.15) is 27.5 Å². The molecule has 9 heteroatoms. The monoisotopic (exact) mass is 478 g/mol. The number of alkyl carbamates (subject to hydrolysis) is 1. The molecule has 2 N–H and O–H groups in total. The molecule has 6 rings (SSSR count). The second-order valence-corrected chi connectivity index (χ2v) is 8.63. The molecule has 9 nitrogen and oxygen atoms in total. The van der Waals surface area contributed by atoms with Crippen molar-refractivity contribution in [3.8, 4) is 11.1 Å². The molecule has 0 bridgehead atoms. The lowest BCUT2D eigenvalue weighted by atomic mass is 9.98. The van der Waals surface area contributed by atoms with Gasteiger partial charge in [-0.05, 0) is 34.4 Å². The van der Waals surface area contributed by atoms with E-state index in [1.54, 1.807) is 24.4 Å². The van der Waals surface area contributed by atoms with Crippen molar-refractivity contribution in [2.24, 2.45) is 0 Å². The molecule has 5 aromatic rings. The first-order valence-electron chi connectivity index (χ1n) is 11.6. The van der Waals surface area contributed by atoms with E-state index in [9.17, 15) is 9.59 Å². The Balaban J connectivity index is 1.21. The van der Waals surface area contributed by atoms with Crippen molar-refractivity contribution in [3.05, 3.63) is 102 Å². The summed E-state index contributed by atoms with van der Waals surface area (Å²) in [6, 6.07) is 22.5. The molecule has 3 aromatic carbocycles. The number of aromatic nitrogens is 5. The summed E-state index contributed by atoms with van der Waals surface area (Å²) in [5.74, 6) is -0.504. The Morgan fingerprint density at radius 2 is 1.67 bits per heavy atom. The summed E-state index contributed by atoms with van der Waals surface area (Å²) >= 11 is 0. The second-order valence-electron chi connectivity index (χ2n) is 8.63. The molecule has 0 radical (unpaired) electrons. The fourth-order valence-corrected chi connectivity index (χ4v) is 4.78. The van der Waals surface area contributed by atoms with E-state index >= 15 is 0 Å². The van der Waals surface area contributed by atoms with Crippen LogP contribution in [0.15, 0.2) is 85.3 Å². The van der Waals surface area contributed by atoms with Gasteiger partial charge in [0, 0.05) is 24.2 Å². The molecule has 2 heterocycles. The van der Waals surface area contributed by atoms with Gasteiger partial charge >= 0.3 is 6.09 Å². The van der Waals surface area contributed by atoms with E-state index in [0.29, 0.717) is 16.7 Å². The Hall–Kier alpha value is -4.79. The van der Waals surface area contributed by atoms with Gasteiger partial charge in [0.15, 0.2) is 0 Å². The third-order valence-electron chi connectivity index (χ3n) is 6.47. The summed E-state index contributed by atoms with van der Waals surface area (Å²) in [7, 11) is 0. The van der Waals surface area contributed by atoms with E-state index in [4.69, 9.17) is 4.74 Å². The minimum Gasteiger partial charge on any atom is -0.449 e. The molecule has 0 unspecified atom stereocenters. The highest BCUT2D eigenvalue weighted by Crippen LogP contribution is 2.44. The highest BCUT2D eigenvalue weighted by atomic mass is 16.5. The number of hydrogen-bond donors (Lipinski definition) is 2. The molecule has 0 fully saturated rings. The largest absolute Gasteiger partial charge is 0.449 e. The lowest BCUT2D eigenvalue weighted by Crippen LogP contribution is -2.45. The molecule has 0 saturated heterocycles. The van der Waals surface area contributed by atoms with Crippen LogP contribution in [-0.4, -0.2) is 49.6 Å². The standard InChI is InChI=1S/C27H22N6O3/c34-26(33-25-12-6-5-11-23(25)31-32-33)24(13-17-14-28-16-29-17)30-27(35)36-15-22-20-9-3-1-7-18(20)19-8-2-4-10-21(19)22/h1-12,14,16,22,24H,13,15H2,(H,28,29)(H,30,35)/t24-/m0/s1. The van der Waals surface area contributed by atoms with E-state index < -0.39 is 18.0 Å². The number of aromatic amines is 1. The van der Waals surface area contributed by atoms with Crippen LogP contribution in [0, 0.1) is 0 Å². The number of carbonyl (C=O) groups is 2. The highest BCUT2D eigenvalue weighted by Gasteiger charge is 2.30. The second kappa shape index (κ2) is 9.10. The number of ether oxygens (including phenoxy) is 1. The summed E-state index contributed by atoms with van der Waals surface area (Å²) in [6.07, 6.45) is 2.64. The predicted molar refractivity (Wildman–Crippen MR) is 132 cm³/mol. The van der Waals surface area contributed by atoms with Crippen molar-refractivity contribution in [2.75, 3.05) is 6.61 Å². The Morgan fingerprint density at radius 1 is 0.972 bits per heavy atom. The van der Waals surface area contributed by atoms with Crippen LogP contribution in [0.25, 0.3) is 22.2 Å². The van der Waals surface area contributed by atoms with Crippen LogP contribution in [0.3, 0.4) is 0 Å². The van der Waals surface area contributed by atoms with Gasteiger partial charge in [0.25, 0.3) is 5.91 Å². The van der Waals surface area contributed by atoms with E-state index in [2.05, 4.69) is 49.9 Å². The van der Waals surface area contributed by atoms with Gasteiger partial charge in [-0.15, -0.1) is 5.10 Å². The number of hydrogen-bond acceptors (Lipinski definition) is 6. The van der Waals surface area contributed by atoms with E-state index in [1.165, 1.54) is 11.0 Å². The third kappa shape index (κ3) is 3.90. The highest BCUT2D eigenvalue weighted by molar-refractivity contribution is 5.93. The van der Waals surface area contributed by atoms with Crippen LogP contribution in [-0.2, 0) is 11.2 Å². The van der Waals surface area contributed by atoms with Gasteiger partial charge in [0.2, 0.25) is 0 Å². The molecule has 0 spiro atoms. The number of imidazole rings is 1. The Morgan fingerprint density at radius 3 is 2.39 bits per heavy atom. The van der Waals surface area contributed by atoms with Crippen molar-refractivity contribution in [1.29, 1.82) is 0 Å². The molecule has 1 atom stereocenters. The van der Waals surface area contributed by atoms with E-state index in [1.807, 2.05) is 30.3 Å². The molecule has 1 aliphatic carbocycles. The SMILES string of the molecule is O=C(N[C@@H](Cc1cnc[nH]1)C(=O)n1nnc2ccccc21)OCC1c2ccccc2-c2ccccc21. The Kier molecular flexibility index (Phi) is 5.49. The Bertz CT molecular complexity index is 1510. The first-order chi connectivity index (χ1) is 17.7. The zero-order valence-electron chi connectivity index (χ0n) is 19.2. The molecule has 0 saturated carbocycles. The molecule has 2 aromatic heterocycles. The smallest absolute Gasteiger partial charge is 0.407 e. The van der Waals surface area contributed by atoms with Crippen molar-refractivity contribution in [1.82, 2.24) is 30.3 Å². The van der Waals surface area contributed by atoms with Crippen LogP contribution >= 0.6 is 0 Å². The maximum absolute atomic E-state index is 13.4. The molecule has 178 valence electrons. The van der Waals surface area contributed by atoms with Crippen molar-refractivity contribution in [2.45, 2.75) is 18.4 Å². The average Bonchev–Trinajstić information content (AvgIpc) is 3.65. The molecule has 0 aliphatic heterocycles. The summed E-state index contributed by atoms with van der Waals surface area (Å²) in [4.78, 5) is 33.4. The fraction of sp³-hybridized carbons (Fsp3) is 0.148. The first-order valence-corrected chi connectivity index (χ1v) is 11.6. The lowest BCUT2D eigenvalue weighted by Gasteiger charge is -2.19. The van der Waals surface area contributed by atoms with E-state index in [0.717, 1.165) is 22.3 Å². The number of fused-ring (bicyclic) bond motifs is 4. The zero-order valence-corrected chi connectivity index (χ0v) is 19.2. The number of rotatable bonds is 6. The number of amides is 1. The maximum Gasteiger partial charge on any atom is 0.407 e. The minimum atomic E-state index is -0.939. The molecule has 1 aliphatic rings. The van der Waals surface area contributed by atoms with Gasteiger partial charge in [0.1, 0.15) is 18.2 Å². The predicted octanol–water partition coefficient (Wildman–Crippen LogP) is 3.94. The average molecular weight is 479 g/mol. The topological polar surface area (TPSA) is 115 Å². The summed E-state index contributed by atoms with van der Waals surface area (Å²) in [6.45, 7) is 0.150. The van der Waals surface area contributed by atoms with Gasteiger partial charge in [-0.1, -0.05) is 65.9 Å². The fourth-order valence-electron chi connectivity index (χ4n) is 4.78. The Labute approximate surface area is 206 Å². The van der Waals surface area contributed by atoms with Crippen LogP contribution < -0.4 is 5.32 Å². The van der Waals surface area contributed by atoms with Crippen LogP contribution in [0.2, 0.25) is 0 Å². The van der Waals surface area contributed by atoms with Crippen molar-refractivity contribution < 1.29 is 14.3 Å². The van der Waals surface area contributed by atoms with Crippen LogP contribution in [0.5, 0.6) is 0 Å². The summed E-state index contributed by atoms with van der Waals surface area (Å²) in [5.41, 5.74) is 6.37. The maximum atomic E-state index is 13.4. The molecule has 1 amide bonds. The molecular weight excluding hydrogens is 456 g/mol. The molecular formula is C27H22N6O3. The minimum absolute atomic E-state index is 0.0795. The van der Waals surface area contributed by atoms with Gasteiger partial charge in [0.05, 0.1) is 11.8 Å². The normalized spacial score (nSPS) is 13.2. The number of carbonyl (C=O) groups excluding carboxylic acids is 2. The number of nitrogens with zero attached hydrogens (tertiary/aromatic N) is 4. The number of benzene rings is 3. The quantitative estimate of drug-likeness (QED) is 0.382. The van der Waals surface area contributed by atoms with Crippen molar-refractivity contribution >= 4 is 23.0 Å². The number of nitrogens with one attached hydrogen (secondary N) is 2. The lowest BCUT2D eigenvalue weighted by molar-refractivity contribution is 0.0825. The first kappa shape index (κ1) is 21.7.